The van der Waals surface area contributed by atoms with Gasteiger partial charge < -0.3 is 24.2 Å². The van der Waals surface area contributed by atoms with Crippen LogP contribution in [0.4, 0.5) is 0 Å². The van der Waals surface area contributed by atoms with Crippen LogP contribution >= 0.6 is 0 Å². The molecule has 13 heteroatoms. The Hall–Kier alpha value is -2.84. The maximum absolute atomic E-state index is 11.9. The first-order valence-electron chi connectivity index (χ1n) is 18.9. The van der Waals surface area contributed by atoms with Gasteiger partial charge in [-0.1, -0.05) is 139 Å². The SMILES string of the molecule is CCCCCCCCCc1ccc(S(=O)(=O)O)cc1Oc1ccccc1O.CCCCCCCCCc1ccc(S(=O)(=O)[O-])cc1Oc1ccccc1[O-].[Ca+2]. The van der Waals surface area contributed by atoms with Gasteiger partial charge in [0.25, 0.3) is 10.1 Å². The van der Waals surface area contributed by atoms with Crippen LogP contribution in [-0.2, 0) is 33.1 Å². The van der Waals surface area contributed by atoms with Gasteiger partial charge in [0.15, 0.2) is 11.5 Å². The van der Waals surface area contributed by atoms with Crippen LogP contribution < -0.4 is 14.6 Å². The van der Waals surface area contributed by atoms with E-state index in [2.05, 4.69) is 13.8 Å². The zero-order valence-corrected chi connectivity index (χ0v) is 35.9. The molecule has 0 amide bonds. The maximum atomic E-state index is 11.9. The van der Waals surface area contributed by atoms with Crippen molar-refractivity contribution in [2.24, 2.45) is 0 Å². The summed E-state index contributed by atoms with van der Waals surface area (Å²) in [4.78, 5) is -0.583. The quantitative estimate of drug-likeness (QED) is 0.0441. The summed E-state index contributed by atoms with van der Waals surface area (Å²) in [7, 11) is -8.92. The molecule has 0 bridgehead atoms. The number of ether oxygens (including phenoxy) is 2. The summed E-state index contributed by atoms with van der Waals surface area (Å²) in [6, 6.07) is 21.1. The van der Waals surface area contributed by atoms with Gasteiger partial charge >= 0.3 is 37.7 Å². The number of rotatable bonds is 22. The van der Waals surface area contributed by atoms with E-state index >= 15 is 0 Å². The van der Waals surface area contributed by atoms with E-state index in [0.29, 0.717) is 12.2 Å². The molecule has 0 spiro atoms. The third-order valence-electron chi connectivity index (χ3n) is 8.92. The fraction of sp³-hybridized carbons (Fsp3) is 0.429. The molecule has 296 valence electrons. The van der Waals surface area contributed by atoms with Crippen molar-refractivity contribution in [1.29, 1.82) is 0 Å². The second-order valence-electron chi connectivity index (χ2n) is 13.3. The van der Waals surface area contributed by atoms with E-state index in [1.54, 1.807) is 42.5 Å². The summed E-state index contributed by atoms with van der Waals surface area (Å²) in [6.07, 6.45) is 17.8. The van der Waals surface area contributed by atoms with Crippen molar-refractivity contribution >= 4 is 58.0 Å². The Balaban J connectivity index is 0.000000373. The van der Waals surface area contributed by atoms with Gasteiger partial charge in [0, 0.05) is 6.07 Å². The van der Waals surface area contributed by atoms with Crippen LogP contribution in [0.1, 0.15) is 115 Å². The average molecular weight is 823 g/mol. The molecule has 2 N–H and O–H groups in total. The van der Waals surface area contributed by atoms with Gasteiger partial charge in [-0.2, -0.15) is 8.42 Å². The molecule has 0 aromatic heterocycles. The second kappa shape index (κ2) is 25.4. The summed E-state index contributed by atoms with van der Waals surface area (Å²) < 4.78 is 77.6. The number of aromatic hydroxyl groups is 1. The number of hydrogen-bond acceptors (Lipinski definition) is 9. The first-order valence-corrected chi connectivity index (χ1v) is 21.8. The number of phenolic OH excluding ortho intramolecular Hbond substituents is 1. The van der Waals surface area contributed by atoms with Crippen molar-refractivity contribution in [3.8, 4) is 34.5 Å². The van der Waals surface area contributed by atoms with Crippen molar-refractivity contribution in [2.45, 2.75) is 126 Å². The average Bonchev–Trinajstić information content (AvgIpc) is 3.13. The smallest absolute Gasteiger partial charge is 0.870 e. The van der Waals surface area contributed by atoms with E-state index in [0.717, 1.165) is 49.7 Å². The summed E-state index contributed by atoms with van der Waals surface area (Å²) in [5, 5.41) is 21.8. The topological polar surface area (TPSA) is 173 Å². The molecule has 0 aliphatic heterocycles. The molecule has 55 heavy (non-hydrogen) atoms. The fourth-order valence-corrected chi connectivity index (χ4v) is 6.83. The van der Waals surface area contributed by atoms with Crippen LogP contribution in [0.15, 0.2) is 94.7 Å². The van der Waals surface area contributed by atoms with E-state index in [9.17, 15) is 36.2 Å². The summed E-state index contributed by atoms with van der Waals surface area (Å²) in [5.41, 5.74) is 1.64. The zero-order valence-electron chi connectivity index (χ0n) is 32.1. The molecule has 0 radical (unpaired) electrons. The predicted molar refractivity (Wildman–Crippen MR) is 214 cm³/mol. The molecular formula is C42H54CaO10S2. The third-order valence-corrected chi connectivity index (χ3v) is 10.6. The fourth-order valence-electron chi connectivity index (χ4n) is 5.85. The largest absolute Gasteiger partial charge is 2.00 e. The van der Waals surface area contributed by atoms with Crippen molar-refractivity contribution in [3.63, 3.8) is 0 Å². The van der Waals surface area contributed by atoms with Gasteiger partial charge in [-0.05, 0) is 73.2 Å². The number of hydrogen-bond donors (Lipinski definition) is 2. The molecule has 4 rings (SSSR count). The van der Waals surface area contributed by atoms with Crippen LogP contribution in [0.2, 0.25) is 0 Å². The molecule has 0 saturated heterocycles. The zero-order chi connectivity index (χ0) is 39.4. The molecule has 0 fully saturated rings. The second-order valence-corrected chi connectivity index (χ2v) is 16.1. The Morgan fingerprint density at radius 3 is 1.44 bits per heavy atom. The standard InChI is InChI=1S/2C21H28O5S.Ca/c2*1-2-3-4-5-6-7-8-11-17-14-15-18(27(23,24)25)16-21(17)26-20-13-10-9-12-19(20)22;/h2*9-10,12-16,22H,2-8,11H2,1H3,(H,23,24,25);/q;;+2/p-2. The number of aryl methyl sites for hydroxylation is 2. The van der Waals surface area contributed by atoms with Crippen molar-refractivity contribution in [3.05, 3.63) is 96.1 Å². The van der Waals surface area contributed by atoms with E-state index in [1.807, 2.05) is 0 Å². The van der Waals surface area contributed by atoms with Crippen LogP contribution in [-0.4, -0.2) is 68.8 Å². The number of unbranched alkanes of at least 4 members (excludes halogenated alkanes) is 12. The van der Waals surface area contributed by atoms with Crippen molar-refractivity contribution in [1.82, 2.24) is 0 Å². The molecule has 0 aliphatic carbocycles. The minimum Gasteiger partial charge on any atom is -0.870 e. The first kappa shape index (κ1) is 48.3. The minimum atomic E-state index is -4.59. The van der Waals surface area contributed by atoms with Crippen molar-refractivity contribution < 1.29 is 45.6 Å². The summed E-state index contributed by atoms with van der Waals surface area (Å²) in [5.74, 6) is 0.606. The van der Waals surface area contributed by atoms with Gasteiger partial charge in [-0.3, -0.25) is 4.55 Å². The number of phenols is 1. The molecule has 10 nitrogen and oxygen atoms in total. The van der Waals surface area contributed by atoms with Gasteiger partial charge in [0.1, 0.15) is 27.4 Å². The van der Waals surface area contributed by atoms with Crippen LogP contribution in [0.25, 0.3) is 0 Å². The summed E-state index contributed by atoms with van der Waals surface area (Å²) in [6.45, 7) is 4.38. The molecule has 0 unspecified atom stereocenters. The van der Waals surface area contributed by atoms with E-state index in [4.69, 9.17) is 9.47 Å². The molecule has 0 saturated carbocycles. The Bertz CT molecular complexity index is 1810. The molecular weight excluding hydrogens is 769 g/mol. The molecule has 0 aliphatic rings. The van der Waals surface area contributed by atoms with E-state index in [-0.39, 0.29) is 76.3 Å². The Morgan fingerprint density at radius 2 is 0.964 bits per heavy atom. The third kappa shape index (κ3) is 17.9. The van der Waals surface area contributed by atoms with Crippen LogP contribution in [0, 0.1) is 0 Å². The normalized spacial score (nSPS) is 11.3. The maximum Gasteiger partial charge on any atom is 2.00 e. The summed E-state index contributed by atoms with van der Waals surface area (Å²) >= 11 is 0. The minimum absolute atomic E-state index is 0. The van der Waals surface area contributed by atoms with Crippen LogP contribution in [0.5, 0.6) is 34.5 Å². The molecule has 0 atom stereocenters. The van der Waals surface area contributed by atoms with Gasteiger partial charge in [-0.15, -0.1) is 0 Å². The number of benzene rings is 4. The van der Waals surface area contributed by atoms with E-state index in [1.165, 1.54) is 100 Å². The van der Waals surface area contributed by atoms with Gasteiger partial charge in [0.05, 0.1) is 9.79 Å². The van der Waals surface area contributed by atoms with Gasteiger partial charge in [-0.25, -0.2) is 8.42 Å². The molecule has 0 heterocycles. The monoisotopic (exact) mass is 822 g/mol. The predicted octanol–water partition coefficient (Wildman–Crippen LogP) is 10.1. The number of para-hydroxylation sites is 4. The Kier molecular flexibility index (Phi) is 22.3. The molecule has 4 aromatic carbocycles. The molecule has 4 aromatic rings. The Labute approximate surface area is 357 Å². The van der Waals surface area contributed by atoms with Crippen LogP contribution in [0.3, 0.4) is 0 Å². The Morgan fingerprint density at radius 1 is 0.545 bits per heavy atom. The van der Waals surface area contributed by atoms with Crippen molar-refractivity contribution in [2.75, 3.05) is 0 Å². The first-order chi connectivity index (χ1) is 25.8. The van der Waals surface area contributed by atoms with E-state index < -0.39 is 20.2 Å². The van der Waals surface area contributed by atoms with Gasteiger partial charge in [0.2, 0.25) is 0 Å².